The van der Waals surface area contributed by atoms with Gasteiger partial charge in [0.2, 0.25) is 0 Å². The van der Waals surface area contributed by atoms with Gasteiger partial charge in [0.05, 0.1) is 18.9 Å². The van der Waals surface area contributed by atoms with Gasteiger partial charge in [-0.3, -0.25) is 9.59 Å². The highest BCUT2D eigenvalue weighted by Gasteiger charge is 2.50. The van der Waals surface area contributed by atoms with Gasteiger partial charge in [-0.1, -0.05) is 0 Å². The van der Waals surface area contributed by atoms with E-state index in [4.69, 9.17) is 16.3 Å². The number of carbonyl (C=O) groups is 2. The molecule has 4 heteroatoms. The molecule has 0 aliphatic heterocycles. The third kappa shape index (κ3) is 2.03. The number of ether oxygens (including phenoxy) is 1. The molecule has 2 aliphatic rings. The molecule has 0 heterocycles. The van der Waals surface area contributed by atoms with Crippen LogP contribution in [-0.4, -0.2) is 24.7 Å². The molecular formula is C11H15ClO3. The summed E-state index contributed by atoms with van der Waals surface area (Å²) in [6, 6.07) is 0. The lowest BCUT2D eigenvalue weighted by Crippen LogP contribution is -2.35. The van der Waals surface area contributed by atoms with E-state index in [1.807, 2.05) is 0 Å². The first-order valence-corrected chi connectivity index (χ1v) is 5.87. The topological polar surface area (TPSA) is 43.4 Å². The van der Waals surface area contributed by atoms with Crippen LogP contribution >= 0.6 is 11.6 Å². The average Bonchev–Trinajstić information content (AvgIpc) is 3.03. The average molecular weight is 231 g/mol. The quantitative estimate of drug-likeness (QED) is 0.547. The zero-order valence-electron chi connectivity index (χ0n) is 8.74. The van der Waals surface area contributed by atoms with E-state index in [0.717, 1.165) is 12.8 Å². The largest absolute Gasteiger partial charge is 0.469 e. The molecule has 84 valence electrons. The Hall–Kier alpha value is -0.570. The summed E-state index contributed by atoms with van der Waals surface area (Å²) in [5.74, 6) is 0.622. The van der Waals surface area contributed by atoms with E-state index in [9.17, 15) is 9.59 Å². The minimum Gasteiger partial charge on any atom is -0.469 e. The van der Waals surface area contributed by atoms with Crippen molar-refractivity contribution in [2.75, 3.05) is 13.0 Å². The van der Waals surface area contributed by atoms with Gasteiger partial charge in [0, 0.05) is 5.92 Å². The molecule has 3 nitrogen and oxygen atoms in total. The third-order valence-corrected chi connectivity index (χ3v) is 3.98. The number of esters is 1. The molecule has 0 aromatic heterocycles. The van der Waals surface area contributed by atoms with Crippen molar-refractivity contribution in [2.45, 2.75) is 19.3 Å². The summed E-state index contributed by atoms with van der Waals surface area (Å²) in [5.41, 5.74) is 0. The summed E-state index contributed by atoms with van der Waals surface area (Å²) in [4.78, 5) is 23.2. The van der Waals surface area contributed by atoms with Gasteiger partial charge in [-0.25, -0.2) is 0 Å². The lowest BCUT2D eigenvalue weighted by Gasteiger charge is -2.27. The van der Waals surface area contributed by atoms with E-state index in [-0.39, 0.29) is 29.5 Å². The zero-order valence-corrected chi connectivity index (χ0v) is 9.50. The highest BCUT2D eigenvalue weighted by Crippen LogP contribution is 2.53. The third-order valence-electron chi connectivity index (χ3n) is 3.72. The number of rotatable bonds is 3. The minimum absolute atomic E-state index is 0.00239. The van der Waals surface area contributed by atoms with Crippen LogP contribution in [0.25, 0.3) is 0 Å². The molecule has 4 unspecified atom stereocenters. The van der Waals surface area contributed by atoms with Gasteiger partial charge in [0.15, 0.2) is 5.78 Å². The Bertz CT molecular complexity index is 262. The second-order valence-electron chi connectivity index (χ2n) is 4.56. The van der Waals surface area contributed by atoms with Crippen LogP contribution in [0.3, 0.4) is 0 Å². The maximum Gasteiger partial charge on any atom is 0.309 e. The van der Waals surface area contributed by atoms with E-state index >= 15 is 0 Å². The van der Waals surface area contributed by atoms with Gasteiger partial charge in [0.25, 0.3) is 0 Å². The molecule has 0 spiro atoms. The maximum absolute atomic E-state index is 11.6. The number of ketones is 1. The molecule has 0 N–H and O–H groups in total. The molecule has 4 atom stereocenters. The predicted octanol–water partition coefficient (Wildman–Crippen LogP) is 1.63. The highest BCUT2D eigenvalue weighted by molar-refractivity contribution is 6.28. The van der Waals surface area contributed by atoms with Gasteiger partial charge in [0.1, 0.15) is 0 Å². The van der Waals surface area contributed by atoms with Gasteiger partial charge in [-0.05, 0) is 31.1 Å². The van der Waals surface area contributed by atoms with Crippen LogP contribution < -0.4 is 0 Å². The highest BCUT2D eigenvalue weighted by atomic mass is 35.5. The van der Waals surface area contributed by atoms with Crippen LogP contribution in [0.4, 0.5) is 0 Å². The van der Waals surface area contributed by atoms with E-state index < -0.39 is 0 Å². The second kappa shape index (κ2) is 4.12. The Labute approximate surface area is 94.1 Å². The van der Waals surface area contributed by atoms with E-state index in [0.29, 0.717) is 11.8 Å². The van der Waals surface area contributed by atoms with Gasteiger partial charge in [-0.2, -0.15) is 0 Å². The van der Waals surface area contributed by atoms with Crippen LogP contribution in [-0.2, 0) is 14.3 Å². The number of Topliss-reactive ketones (excluding diaryl/α,β-unsaturated/α-hetero) is 1. The van der Waals surface area contributed by atoms with Gasteiger partial charge < -0.3 is 4.74 Å². The van der Waals surface area contributed by atoms with Crippen molar-refractivity contribution >= 4 is 23.4 Å². The fourth-order valence-corrected chi connectivity index (χ4v) is 2.93. The molecule has 0 radical (unpaired) electrons. The standard InChI is InChI=1S/C11H15ClO3/c1-15-11(14)9-4-7-2-6(7)3-8(9)10(13)5-12/h6-9H,2-5H2,1H3. The predicted molar refractivity (Wildman–Crippen MR) is 55.6 cm³/mol. The van der Waals surface area contributed by atoms with Crippen molar-refractivity contribution in [1.29, 1.82) is 0 Å². The number of halogens is 1. The van der Waals surface area contributed by atoms with Crippen molar-refractivity contribution in [3.8, 4) is 0 Å². The molecule has 0 saturated heterocycles. The molecule has 2 saturated carbocycles. The number of hydrogen-bond acceptors (Lipinski definition) is 3. The Morgan fingerprint density at radius 1 is 1.20 bits per heavy atom. The van der Waals surface area contributed by atoms with Gasteiger partial charge >= 0.3 is 5.97 Å². The van der Waals surface area contributed by atoms with Crippen LogP contribution in [0.1, 0.15) is 19.3 Å². The lowest BCUT2D eigenvalue weighted by molar-refractivity contribution is -0.151. The number of carbonyl (C=O) groups excluding carboxylic acids is 2. The SMILES string of the molecule is COC(=O)C1CC2CC2CC1C(=O)CCl. The molecule has 2 aliphatic carbocycles. The Morgan fingerprint density at radius 2 is 1.80 bits per heavy atom. The lowest BCUT2D eigenvalue weighted by atomic mass is 9.77. The first-order valence-electron chi connectivity index (χ1n) is 5.33. The van der Waals surface area contributed by atoms with Crippen molar-refractivity contribution in [3.05, 3.63) is 0 Å². The zero-order chi connectivity index (χ0) is 11.0. The molecule has 0 bridgehead atoms. The van der Waals surface area contributed by atoms with Crippen LogP contribution in [0.2, 0.25) is 0 Å². The van der Waals surface area contributed by atoms with E-state index in [1.54, 1.807) is 0 Å². The first-order chi connectivity index (χ1) is 7.17. The molecule has 15 heavy (non-hydrogen) atoms. The van der Waals surface area contributed by atoms with Crippen molar-refractivity contribution in [2.24, 2.45) is 23.7 Å². The van der Waals surface area contributed by atoms with Crippen LogP contribution in [0.5, 0.6) is 0 Å². The van der Waals surface area contributed by atoms with Crippen LogP contribution in [0.15, 0.2) is 0 Å². The van der Waals surface area contributed by atoms with Crippen LogP contribution in [0, 0.1) is 23.7 Å². The summed E-state index contributed by atoms with van der Waals surface area (Å²) >= 11 is 5.56. The van der Waals surface area contributed by atoms with Gasteiger partial charge in [-0.15, -0.1) is 11.6 Å². The molecular weight excluding hydrogens is 216 g/mol. The number of hydrogen-bond donors (Lipinski definition) is 0. The Balaban J connectivity index is 2.09. The summed E-state index contributed by atoms with van der Waals surface area (Å²) in [5, 5.41) is 0. The fraction of sp³-hybridized carbons (Fsp3) is 0.818. The summed E-state index contributed by atoms with van der Waals surface area (Å²) in [6.45, 7) is 0. The Morgan fingerprint density at radius 3 is 2.33 bits per heavy atom. The summed E-state index contributed by atoms with van der Waals surface area (Å²) < 4.78 is 4.75. The molecule has 2 rings (SSSR count). The van der Waals surface area contributed by atoms with Crippen molar-refractivity contribution in [3.63, 3.8) is 0 Å². The number of fused-ring (bicyclic) bond motifs is 1. The fourth-order valence-electron chi connectivity index (χ4n) is 2.74. The first kappa shape index (κ1) is 10.9. The minimum atomic E-state index is -0.246. The smallest absolute Gasteiger partial charge is 0.309 e. The summed E-state index contributed by atoms with van der Waals surface area (Å²) in [7, 11) is 1.38. The number of methoxy groups -OCH3 is 1. The van der Waals surface area contributed by atoms with Crippen molar-refractivity contribution < 1.29 is 14.3 Å². The Kier molecular flexibility index (Phi) is 3.01. The van der Waals surface area contributed by atoms with Crippen molar-refractivity contribution in [1.82, 2.24) is 0 Å². The molecule has 0 aromatic carbocycles. The monoisotopic (exact) mass is 230 g/mol. The molecule has 2 fully saturated rings. The number of alkyl halides is 1. The second-order valence-corrected chi connectivity index (χ2v) is 4.83. The van der Waals surface area contributed by atoms with E-state index in [1.165, 1.54) is 13.5 Å². The summed E-state index contributed by atoms with van der Waals surface area (Å²) in [6.07, 6.45) is 2.81. The maximum atomic E-state index is 11.6. The van der Waals surface area contributed by atoms with E-state index in [2.05, 4.69) is 0 Å². The molecule has 0 amide bonds. The molecule has 0 aromatic rings. The normalized spacial score (nSPS) is 38.0.